The predicted octanol–water partition coefficient (Wildman–Crippen LogP) is 4.97. The number of aromatic amines is 1. The monoisotopic (exact) mass is 439 g/mol. The van der Waals surface area contributed by atoms with Gasteiger partial charge in [-0.1, -0.05) is 72.8 Å². The Morgan fingerprint density at radius 3 is 2.39 bits per heavy atom. The molecule has 5 heteroatoms. The number of carbonyl (C=O) groups excluding carboxylic acids is 1. The molecule has 168 valence electrons. The molecule has 0 atom stereocenters. The van der Waals surface area contributed by atoms with Crippen molar-refractivity contribution in [3.63, 3.8) is 0 Å². The lowest BCUT2D eigenvalue weighted by atomic mass is 10.1. The van der Waals surface area contributed by atoms with E-state index in [4.69, 9.17) is 5.21 Å². The highest BCUT2D eigenvalue weighted by atomic mass is 16.5. The summed E-state index contributed by atoms with van der Waals surface area (Å²) in [6.45, 7) is 2.80. The highest BCUT2D eigenvalue weighted by molar-refractivity contribution is 5.90. The van der Waals surface area contributed by atoms with Gasteiger partial charge in [0.2, 0.25) is 0 Å². The maximum Gasteiger partial charge on any atom is 0.267 e. The third-order valence-electron chi connectivity index (χ3n) is 5.86. The molecule has 4 aromatic rings. The summed E-state index contributed by atoms with van der Waals surface area (Å²) in [6, 6.07) is 27.2. The Balaban J connectivity index is 1.43. The van der Waals surface area contributed by atoms with Crippen molar-refractivity contribution in [1.82, 2.24) is 15.4 Å². The molecule has 0 fully saturated rings. The molecule has 0 spiro atoms. The van der Waals surface area contributed by atoms with E-state index in [9.17, 15) is 4.79 Å². The van der Waals surface area contributed by atoms with Gasteiger partial charge in [0.1, 0.15) is 0 Å². The van der Waals surface area contributed by atoms with E-state index in [1.807, 2.05) is 12.1 Å². The van der Waals surface area contributed by atoms with Crippen molar-refractivity contribution in [2.24, 2.45) is 0 Å². The zero-order chi connectivity index (χ0) is 22.9. The van der Waals surface area contributed by atoms with Crippen LogP contribution in [0, 0.1) is 0 Å². The van der Waals surface area contributed by atoms with Crippen LogP contribution in [0.1, 0.15) is 22.3 Å². The summed E-state index contributed by atoms with van der Waals surface area (Å²) >= 11 is 0. The summed E-state index contributed by atoms with van der Waals surface area (Å²) in [5, 5.41) is 9.90. The van der Waals surface area contributed by atoms with Crippen LogP contribution < -0.4 is 5.48 Å². The fourth-order valence-electron chi connectivity index (χ4n) is 4.02. The number of hydrogen-bond acceptors (Lipinski definition) is 3. The van der Waals surface area contributed by atoms with Crippen LogP contribution in [0.3, 0.4) is 0 Å². The number of H-pyrrole nitrogens is 1. The first-order valence-corrected chi connectivity index (χ1v) is 11.2. The number of hydrogen-bond donors (Lipinski definition) is 3. The number of nitrogens with zero attached hydrogens (tertiary/aromatic N) is 1. The first kappa shape index (κ1) is 22.5. The predicted molar refractivity (Wildman–Crippen MR) is 133 cm³/mol. The van der Waals surface area contributed by atoms with Crippen molar-refractivity contribution in [2.45, 2.75) is 19.4 Å². The van der Waals surface area contributed by atoms with Gasteiger partial charge in [0, 0.05) is 42.8 Å². The molecule has 5 nitrogen and oxygen atoms in total. The molecule has 3 aromatic carbocycles. The average molecular weight is 440 g/mol. The molecule has 0 saturated carbocycles. The number of hydroxylamine groups is 1. The molecular formula is C28H29N3O2. The molecule has 4 rings (SSSR count). The Hall–Kier alpha value is -3.67. The Morgan fingerprint density at radius 2 is 1.61 bits per heavy atom. The van der Waals surface area contributed by atoms with E-state index in [1.54, 1.807) is 11.6 Å². The molecule has 1 aromatic heterocycles. The summed E-state index contributed by atoms with van der Waals surface area (Å²) in [5.74, 6) is -0.538. The fourth-order valence-corrected chi connectivity index (χ4v) is 4.02. The zero-order valence-corrected chi connectivity index (χ0v) is 18.6. The second-order valence-electron chi connectivity index (χ2n) is 8.17. The zero-order valence-electron chi connectivity index (χ0n) is 18.6. The largest absolute Gasteiger partial charge is 0.361 e. The van der Waals surface area contributed by atoms with Crippen molar-refractivity contribution in [3.8, 4) is 0 Å². The fraction of sp³-hybridized carbons (Fsp3) is 0.179. The third-order valence-corrected chi connectivity index (χ3v) is 5.86. The molecule has 0 aliphatic carbocycles. The van der Waals surface area contributed by atoms with Gasteiger partial charge in [0.05, 0.1) is 0 Å². The second kappa shape index (κ2) is 11.3. The van der Waals surface area contributed by atoms with Crippen LogP contribution in [0.25, 0.3) is 17.0 Å². The van der Waals surface area contributed by atoms with Gasteiger partial charge in [-0.15, -0.1) is 0 Å². The summed E-state index contributed by atoms with van der Waals surface area (Å²) in [4.78, 5) is 17.1. The molecule has 33 heavy (non-hydrogen) atoms. The lowest BCUT2D eigenvalue weighted by molar-refractivity contribution is -0.124. The number of para-hydroxylation sites is 1. The number of nitrogens with one attached hydrogen (secondary N) is 2. The third kappa shape index (κ3) is 6.42. The molecule has 0 aliphatic heterocycles. The van der Waals surface area contributed by atoms with Gasteiger partial charge in [-0.25, -0.2) is 5.48 Å². The molecule has 0 aliphatic rings. The highest BCUT2D eigenvalue weighted by Crippen LogP contribution is 2.19. The van der Waals surface area contributed by atoms with Crippen LogP contribution in [-0.2, 0) is 24.2 Å². The number of fused-ring (bicyclic) bond motifs is 1. The van der Waals surface area contributed by atoms with Gasteiger partial charge in [-0.3, -0.25) is 14.9 Å². The maximum absolute atomic E-state index is 11.2. The molecular weight excluding hydrogens is 410 g/mol. The van der Waals surface area contributed by atoms with E-state index in [0.29, 0.717) is 0 Å². The smallest absolute Gasteiger partial charge is 0.267 e. The van der Waals surface area contributed by atoms with Gasteiger partial charge < -0.3 is 4.98 Å². The maximum atomic E-state index is 11.2. The van der Waals surface area contributed by atoms with Gasteiger partial charge in [-0.05, 0) is 47.2 Å². The van der Waals surface area contributed by atoms with Crippen LogP contribution in [0.2, 0.25) is 0 Å². The van der Waals surface area contributed by atoms with E-state index >= 15 is 0 Å². The first-order chi connectivity index (χ1) is 16.2. The Labute approximate surface area is 194 Å². The lowest BCUT2D eigenvalue weighted by Gasteiger charge is -2.22. The minimum absolute atomic E-state index is 0.538. The second-order valence-corrected chi connectivity index (χ2v) is 8.17. The molecule has 0 radical (unpaired) electrons. The van der Waals surface area contributed by atoms with Crippen molar-refractivity contribution in [1.29, 1.82) is 0 Å². The van der Waals surface area contributed by atoms with E-state index in [1.165, 1.54) is 33.7 Å². The molecule has 1 heterocycles. The molecule has 0 saturated heterocycles. The normalized spacial score (nSPS) is 11.5. The summed E-state index contributed by atoms with van der Waals surface area (Å²) in [7, 11) is 0. The number of amides is 1. The van der Waals surface area contributed by atoms with Gasteiger partial charge >= 0.3 is 0 Å². The number of benzene rings is 3. The van der Waals surface area contributed by atoms with E-state index in [-0.39, 0.29) is 0 Å². The van der Waals surface area contributed by atoms with Crippen LogP contribution >= 0.6 is 0 Å². The van der Waals surface area contributed by atoms with Gasteiger partial charge in [0.25, 0.3) is 5.91 Å². The van der Waals surface area contributed by atoms with Gasteiger partial charge in [0.15, 0.2) is 0 Å². The van der Waals surface area contributed by atoms with Crippen LogP contribution in [0.4, 0.5) is 0 Å². The van der Waals surface area contributed by atoms with E-state index in [0.717, 1.165) is 38.0 Å². The minimum Gasteiger partial charge on any atom is -0.361 e. The first-order valence-electron chi connectivity index (χ1n) is 11.2. The Kier molecular flexibility index (Phi) is 7.69. The summed E-state index contributed by atoms with van der Waals surface area (Å²) in [6.07, 6.45) is 7.10. The molecule has 3 N–H and O–H groups in total. The van der Waals surface area contributed by atoms with Crippen molar-refractivity contribution in [2.75, 3.05) is 13.1 Å². The average Bonchev–Trinajstić information content (AvgIpc) is 3.28. The number of aromatic nitrogens is 1. The quantitative estimate of drug-likeness (QED) is 0.186. The molecule has 1 amide bonds. The lowest BCUT2D eigenvalue weighted by Crippen LogP contribution is -2.28. The Morgan fingerprint density at radius 1 is 0.879 bits per heavy atom. The standard InChI is InChI=1S/C28H29N3O2/c32-28(30-33)15-14-23-10-12-24(13-11-23)21-31(18-16-22-6-2-1-3-7-22)19-17-25-20-29-27-9-5-4-8-26(25)27/h1-15,20,29,33H,16-19,21H2,(H,30,32). The van der Waals surface area contributed by atoms with E-state index < -0.39 is 5.91 Å². The van der Waals surface area contributed by atoms with Crippen LogP contribution in [0.15, 0.2) is 91.1 Å². The topological polar surface area (TPSA) is 68.4 Å². The number of rotatable bonds is 10. The minimum atomic E-state index is -0.538. The van der Waals surface area contributed by atoms with Crippen molar-refractivity contribution < 1.29 is 10.0 Å². The Bertz CT molecular complexity index is 1200. The van der Waals surface area contributed by atoms with Crippen molar-refractivity contribution in [3.05, 3.63) is 113 Å². The van der Waals surface area contributed by atoms with Gasteiger partial charge in [-0.2, -0.15) is 0 Å². The molecule has 0 bridgehead atoms. The number of carbonyl (C=O) groups is 1. The van der Waals surface area contributed by atoms with Crippen molar-refractivity contribution >= 4 is 22.9 Å². The molecule has 0 unspecified atom stereocenters. The van der Waals surface area contributed by atoms with Crippen LogP contribution in [-0.4, -0.2) is 34.1 Å². The highest BCUT2D eigenvalue weighted by Gasteiger charge is 2.10. The summed E-state index contributed by atoms with van der Waals surface area (Å²) < 4.78 is 0. The summed E-state index contributed by atoms with van der Waals surface area (Å²) in [5.41, 5.74) is 7.62. The van der Waals surface area contributed by atoms with Crippen LogP contribution in [0.5, 0.6) is 0 Å². The van der Waals surface area contributed by atoms with E-state index in [2.05, 4.69) is 82.8 Å². The SMILES string of the molecule is O=C(C=Cc1ccc(CN(CCc2ccccc2)CCc2c[nH]c3ccccc23)cc1)NO.